The molecule has 0 atom stereocenters. The second kappa shape index (κ2) is 7.22. The maximum Gasteiger partial charge on any atom is 0.230 e. The zero-order valence-corrected chi connectivity index (χ0v) is 11.8. The lowest BCUT2D eigenvalue weighted by atomic mass is 10.1. The molecule has 0 saturated carbocycles. The van der Waals surface area contributed by atoms with Crippen molar-refractivity contribution in [2.24, 2.45) is 0 Å². The Balaban J connectivity index is 2.14. The molecular formula is C17H16N2O2. The molecule has 4 nitrogen and oxygen atoms in total. The summed E-state index contributed by atoms with van der Waals surface area (Å²) in [6.07, 6.45) is 1.87. The normalized spacial score (nSPS) is 9.62. The van der Waals surface area contributed by atoms with Gasteiger partial charge in [0, 0.05) is 17.5 Å². The quantitative estimate of drug-likeness (QED) is 0.844. The number of pyridine rings is 1. The van der Waals surface area contributed by atoms with Crippen molar-refractivity contribution in [1.82, 2.24) is 4.98 Å². The second-order valence-corrected chi connectivity index (χ2v) is 4.55. The summed E-state index contributed by atoms with van der Waals surface area (Å²) in [4.78, 5) is 16.2. The van der Waals surface area contributed by atoms with Gasteiger partial charge in [-0.1, -0.05) is 24.0 Å². The number of aliphatic hydroxyl groups excluding tert-OH is 1. The summed E-state index contributed by atoms with van der Waals surface area (Å²) in [5.74, 6) is 5.27. The molecule has 0 spiro atoms. The number of hydrogen-bond acceptors (Lipinski definition) is 3. The minimum Gasteiger partial charge on any atom is -0.384 e. The predicted molar refractivity (Wildman–Crippen MR) is 81.7 cm³/mol. The van der Waals surface area contributed by atoms with E-state index in [1.54, 1.807) is 6.20 Å². The molecule has 2 aromatic rings. The Labute approximate surface area is 123 Å². The van der Waals surface area contributed by atoms with Crippen molar-refractivity contribution in [3.8, 4) is 11.8 Å². The summed E-state index contributed by atoms with van der Waals surface area (Å²) in [7, 11) is 0. The van der Waals surface area contributed by atoms with Gasteiger partial charge < -0.3 is 10.4 Å². The van der Waals surface area contributed by atoms with Gasteiger partial charge >= 0.3 is 0 Å². The molecule has 0 bridgehead atoms. The Morgan fingerprint density at radius 1 is 1.33 bits per heavy atom. The summed E-state index contributed by atoms with van der Waals surface area (Å²) in [5.41, 5.74) is 3.07. The Kier molecular flexibility index (Phi) is 5.08. The molecule has 1 amide bonds. The first-order valence-electron chi connectivity index (χ1n) is 6.59. The lowest BCUT2D eigenvalue weighted by molar-refractivity contribution is -0.115. The molecule has 0 fully saturated rings. The Bertz CT molecular complexity index is 685. The first-order valence-corrected chi connectivity index (χ1v) is 6.59. The van der Waals surface area contributed by atoms with E-state index in [9.17, 15) is 4.79 Å². The van der Waals surface area contributed by atoms with Crippen LogP contribution in [0.1, 0.15) is 16.8 Å². The zero-order chi connectivity index (χ0) is 15.1. The molecule has 1 aromatic carbocycles. The number of benzene rings is 1. The fourth-order valence-corrected chi connectivity index (χ4v) is 1.87. The molecule has 106 valence electrons. The SMILES string of the molecule is Cc1ccc(C#CCO)c(NC(=O)Cc2ccccn2)c1. The lowest BCUT2D eigenvalue weighted by Gasteiger charge is -2.08. The van der Waals surface area contributed by atoms with Gasteiger partial charge in [-0.05, 0) is 36.8 Å². The largest absolute Gasteiger partial charge is 0.384 e. The summed E-state index contributed by atoms with van der Waals surface area (Å²) in [6, 6.07) is 11.1. The molecule has 2 rings (SSSR count). The van der Waals surface area contributed by atoms with E-state index >= 15 is 0 Å². The molecular weight excluding hydrogens is 264 g/mol. The minimum absolute atomic E-state index is 0.147. The van der Waals surface area contributed by atoms with Gasteiger partial charge in [-0.3, -0.25) is 9.78 Å². The highest BCUT2D eigenvalue weighted by molar-refractivity contribution is 5.93. The van der Waals surface area contributed by atoms with Gasteiger partial charge in [0.2, 0.25) is 5.91 Å². The van der Waals surface area contributed by atoms with Crippen LogP contribution >= 0.6 is 0 Å². The average molecular weight is 280 g/mol. The minimum atomic E-state index is -0.213. The topological polar surface area (TPSA) is 62.2 Å². The highest BCUT2D eigenvalue weighted by Gasteiger charge is 2.07. The van der Waals surface area contributed by atoms with Gasteiger partial charge in [0.15, 0.2) is 0 Å². The van der Waals surface area contributed by atoms with Crippen molar-refractivity contribution < 1.29 is 9.90 Å². The molecule has 0 unspecified atom stereocenters. The molecule has 1 heterocycles. The van der Waals surface area contributed by atoms with E-state index < -0.39 is 0 Å². The first kappa shape index (κ1) is 14.8. The Hall–Kier alpha value is -2.64. The first-order chi connectivity index (χ1) is 10.2. The van der Waals surface area contributed by atoms with E-state index in [2.05, 4.69) is 22.1 Å². The third-order valence-electron chi connectivity index (χ3n) is 2.82. The maximum absolute atomic E-state index is 12.1. The van der Waals surface area contributed by atoms with Crippen molar-refractivity contribution in [2.45, 2.75) is 13.3 Å². The number of amides is 1. The van der Waals surface area contributed by atoms with Crippen molar-refractivity contribution in [3.63, 3.8) is 0 Å². The standard InChI is InChI=1S/C17H16N2O2/c1-13-7-8-14(5-4-10-20)16(11-13)19-17(21)12-15-6-2-3-9-18-15/h2-3,6-9,11,20H,10,12H2,1H3,(H,19,21). The number of rotatable bonds is 3. The van der Waals surface area contributed by atoms with E-state index in [4.69, 9.17) is 5.11 Å². The van der Waals surface area contributed by atoms with Crippen LogP contribution in [0.2, 0.25) is 0 Å². The lowest BCUT2D eigenvalue weighted by Crippen LogP contribution is -2.16. The Morgan fingerprint density at radius 2 is 2.19 bits per heavy atom. The van der Waals surface area contributed by atoms with Crippen molar-refractivity contribution in [2.75, 3.05) is 11.9 Å². The third-order valence-corrected chi connectivity index (χ3v) is 2.82. The number of aliphatic hydroxyl groups is 1. The zero-order valence-electron chi connectivity index (χ0n) is 11.8. The van der Waals surface area contributed by atoms with Crippen LogP contribution in [0.15, 0.2) is 42.6 Å². The van der Waals surface area contributed by atoms with E-state index in [1.165, 1.54) is 0 Å². The fraction of sp³-hybridized carbons (Fsp3) is 0.176. The average Bonchev–Trinajstić information content (AvgIpc) is 2.47. The van der Waals surface area contributed by atoms with Gasteiger partial charge in [-0.2, -0.15) is 0 Å². The number of aryl methyl sites for hydroxylation is 1. The van der Waals surface area contributed by atoms with Crippen molar-refractivity contribution >= 4 is 11.6 Å². The van der Waals surface area contributed by atoms with Crippen molar-refractivity contribution in [1.29, 1.82) is 0 Å². The van der Waals surface area contributed by atoms with E-state index in [0.717, 1.165) is 5.56 Å². The summed E-state index contributed by atoms with van der Waals surface area (Å²) < 4.78 is 0. The molecule has 0 aliphatic rings. The number of aromatic nitrogens is 1. The monoisotopic (exact) mass is 280 g/mol. The van der Waals surface area contributed by atoms with Crippen LogP contribution in [0.5, 0.6) is 0 Å². The molecule has 4 heteroatoms. The Morgan fingerprint density at radius 3 is 2.90 bits per heavy atom. The van der Waals surface area contributed by atoms with Crippen LogP contribution in [-0.2, 0) is 11.2 Å². The molecule has 0 radical (unpaired) electrons. The van der Waals surface area contributed by atoms with Crippen LogP contribution in [0.25, 0.3) is 0 Å². The summed E-state index contributed by atoms with van der Waals surface area (Å²) in [5, 5.41) is 11.6. The van der Waals surface area contributed by atoms with Gasteiger partial charge in [-0.15, -0.1) is 0 Å². The second-order valence-electron chi connectivity index (χ2n) is 4.55. The van der Waals surface area contributed by atoms with E-state index in [-0.39, 0.29) is 18.9 Å². The number of carbonyl (C=O) groups is 1. The molecule has 2 N–H and O–H groups in total. The molecule has 21 heavy (non-hydrogen) atoms. The number of carbonyl (C=O) groups excluding carboxylic acids is 1. The van der Waals surface area contributed by atoms with E-state index in [1.807, 2.05) is 43.3 Å². The number of nitrogens with one attached hydrogen (secondary N) is 1. The summed E-state index contributed by atoms with van der Waals surface area (Å²) in [6.45, 7) is 1.73. The summed E-state index contributed by atoms with van der Waals surface area (Å²) >= 11 is 0. The van der Waals surface area contributed by atoms with Crippen LogP contribution < -0.4 is 5.32 Å². The van der Waals surface area contributed by atoms with Gasteiger partial charge in [0.05, 0.1) is 12.1 Å². The van der Waals surface area contributed by atoms with Crippen LogP contribution in [0, 0.1) is 18.8 Å². The number of anilines is 1. The number of hydrogen-bond donors (Lipinski definition) is 2. The van der Waals surface area contributed by atoms with Crippen LogP contribution in [-0.4, -0.2) is 22.6 Å². The molecule has 1 aromatic heterocycles. The fourth-order valence-electron chi connectivity index (χ4n) is 1.87. The molecule has 0 saturated heterocycles. The maximum atomic E-state index is 12.1. The third kappa shape index (κ3) is 4.44. The van der Waals surface area contributed by atoms with Crippen LogP contribution in [0.3, 0.4) is 0 Å². The molecule has 0 aliphatic heterocycles. The predicted octanol–water partition coefficient (Wildman–Crippen LogP) is 1.92. The van der Waals surface area contributed by atoms with E-state index in [0.29, 0.717) is 16.9 Å². The van der Waals surface area contributed by atoms with Gasteiger partial charge in [-0.25, -0.2) is 0 Å². The van der Waals surface area contributed by atoms with Gasteiger partial charge in [0.25, 0.3) is 0 Å². The number of nitrogens with zero attached hydrogens (tertiary/aromatic N) is 1. The smallest absolute Gasteiger partial charge is 0.230 e. The van der Waals surface area contributed by atoms with Crippen molar-refractivity contribution in [3.05, 3.63) is 59.4 Å². The highest BCUT2D eigenvalue weighted by atomic mass is 16.2. The van der Waals surface area contributed by atoms with Gasteiger partial charge in [0.1, 0.15) is 6.61 Å². The molecule has 0 aliphatic carbocycles. The highest BCUT2D eigenvalue weighted by Crippen LogP contribution is 2.17. The van der Waals surface area contributed by atoms with Crippen LogP contribution in [0.4, 0.5) is 5.69 Å².